The maximum Gasteiger partial charge on any atom is 0.322 e. The molecular weight excluding hydrogens is 277 g/mol. The first kappa shape index (κ1) is 16.6. The van der Waals surface area contributed by atoms with Gasteiger partial charge in [-0.15, -0.1) is 0 Å². The molecule has 1 rings (SSSR count). The third-order valence-electron chi connectivity index (χ3n) is 2.78. The Bertz CT molecular complexity index is 518. The van der Waals surface area contributed by atoms with E-state index in [0.29, 0.717) is 5.56 Å². The average molecular weight is 293 g/mol. The van der Waals surface area contributed by atoms with Crippen LogP contribution in [0.3, 0.4) is 0 Å². The molecular formula is C15H16FNO4. The van der Waals surface area contributed by atoms with Crippen LogP contribution in [0.15, 0.2) is 24.3 Å². The van der Waals surface area contributed by atoms with Crippen molar-refractivity contribution in [1.29, 1.82) is 5.26 Å². The van der Waals surface area contributed by atoms with Crippen LogP contribution >= 0.6 is 0 Å². The predicted octanol–water partition coefficient (Wildman–Crippen LogP) is 2.18. The fourth-order valence-corrected chi connectivity index (χ4v) is 1.84. The van der Waals surface area contributed by atoms with Crippen molar-refractivity contribution in [1.82, 2.24) is 0 Å². The number of carbonyl (C=O) groups excluding carboxylic acids is 2. The Morgan fingerprint density at radius 1 is 1.14 bits per heavy atom. The Labute approximate surface area is 122 Å². The third kappa shape index (κ3) is 4.28. The third-order valence-corrected chi connectivity index (χ3v) is 2.78. The standard InChI is InChI=1S/C15H16FNO4/c1-3-20-14(18)13(15(19)21-4-2)12(9-17)10-5-7-11(16)8-6-10/h5-8,12-13H,3-4H2,1-2H3. The summed E-state index contributed by atoms with van der Waals surface area (Å²) in [4.78, 5) is 23.9. The summed E-state index contributed by atoms with van der Waals surface area (Å²) in [5.41, 5.74) is 0.352. The molecule has 0 N–H and O–H groups in total. The lowest BCUT2D eigenvalue weighted by atomic mass is 9.87. The molecule has 0 spiro atoms. The molecule has 0 bridgehead atoms. The van der Waals surface area contributed by atoms with Crippen LogP contribution in [0.1, 0.15) is 25.3 Å². The molecule has 0 heterocycles. The molecule has 6 heteroatoms. The highest BCUT2D eigenvalue weighted by Crippen LogP contribution is 2.27. The molecule has 1 aromatic carbocycles. The molecule has 21 heavy (non-hydrogen) atoms. The van der Waals surface area contributed by atoms with Gasteiger partial charge in [-0.3, -0.25) is 9.59 Å². The van der Waals surface area contributed by atoms with Gasteiger partial charge in [-0.2, -0.15) is 5.26 Å². The summed E-state index contributed by atoms with van der Waals surface area (Å²) in [5.74, 6) is -4.61. The normalized spacial score (nSPS) is 11.6. The van der Waals surface area contributed by atoms with E-state index in [1.165, 1.54) is 12.1 Å². The van der Waals surface area contributed by atoms with Gasteiger partial charge >= 0.3 is 11.9 Å². The predicted molar refractivity (Wildman–Crippen MR) is 71.5 cm³/mol. The average Bonchev–Trinajstić information content (AvgIpc) is 2.46. The van der Waals surface area contributed by atoms with Gasteiger partial charge in [-0.05, 0) is 31.5 Å². The van der Waals surface area contributed by atoms with Crippen molar-refractivity contribution in [2.45, 2.75) is 19.8 Å². The Kier molecular flexibility index (Phi) is 6.34. The molecule has 0 amide bonds. The van der Waals surface area contributed by atoms with E-state index in [0.717, 1.165) is 12.1 Å². The van der Waals surface area contributed by atoms with Crippen molar-refractivity contribution in [2.75, 3.05) is 13.2 Å². The van der Waals surface area contributed by atoms with Crippen LogP contribution in [-0.4, -0.2) is 25.2 Å². The van der Waals surface area contributed by atoms with Crippen LogP contribution in [-0.2, 0) is 19.1 Å². The fourth-order valence-electron chi connectivity index (χ4n) is 1.84. The number of ether oxygens (including phenoxy) is 2. The van der Waals surface area contributed by atoms with Crippen molar-refractivity contribution in [3.8, 4) is 6.07 Å². The van der Waals surface area contributed by atoms with Crippen LogP contribution < -0.4 is 0 Å². The molecule has 0 fully saturated rings. The van der Waals surface area contributed by atoms with Crippen LogP contribution in [0.4, 0.5) is 4.39 Å². The summed E-state index contributed by atoms with van der Waals surface area (Å²) in [6.45, 7) is 3.35. The largest absolute Gasteiger partial charge is 0.465 e. The number of rotatable bonds is 6. The van der Waals surface area contributed by atoms with Crippen molar-refractivity contribution in [2.24, 2.45) is 5.92 Å². The number of halogens is 1. The summed E-state index contributed by atoms with van der Waals surface area (Å²) in [5, 5.41) is 9.29. The molecule has 1 atom stereocenters. The van der Waals surface area contributed by atoms with E-state index >= 15 is 0 Å². The van der Waals surface area contributed by atoms with E-state index in [2.05, 4.69) is 0 Å². The van der Waals surface area contributed by atoms with Gasteiger partial charge in [-0.1, -0.05) is 12.1 Å². The van der Waals surface area contributed by atoms with Crippen LogP contribution in [0.5, 0.6) is 0 Å². The first-order chi connectivity index (χ1) is 10.0. The van der Waals surface area contributed by atoms with E-state index in [1.54, 1.807) is 13.8 Å². The minimum absolute atomic E-state index is 0.0797. The molecule has 1 unspecified atom stereocenters. The Morgan fingerprint density at radius 2 is 1.62 bits per heavy atom. The minimum Gasteiger partial charge on any atom is -0.465 e. The highest BCUT2D eigenvalue weighted by molar-refractivity contribution is 5.96. The number of benzene rings is 1. The smallest absolute Gasteiger partial charge is 0.322 e. The number of carbonyl (C=O) groups is 2. The van der Waals surface area contributed by atoms with Crippen molar-refractivity contribution in [3.63, 3.8) is 0 Å². The molecule has 0 aliphatic rings. The number of nitriles is 1. The second-order valence-electron chi connectivity index (χ2n) is 4.14. The molecule has 0 saturated heterocycles. The number of nitrogens with zero attached hydrogens (tertiary/aromatic N) is 1. The van der Waals surface area contributed by atoms with Gasteiger partial charge in [0.25, 0.3) is 0 Å². The Balaban J connectivity index is 3.14. The SMILES string of the molecule is CCOC(=O)C(C(=O)OCC)C(C#N)c1ccc(F)cc1. The van der Waals surface area contributed by atoms with Crippen LogP contribution in [0.2, 0.25) is 0 Å². The van der Waals surface area contributed by atoms with Gasteiger partial charge < -0.3 is 9.47 Å². The minimum atomic E-state index is -1.39. The molecule has 1 aromatic rings. The molecule has 0 saturated carbocycles. The van der Waals surface area contributed by atoms with E-state index in [1.807, 2.05) is 6.07 Å². The topological polar surface area (TPSA) is 76.4 Å². The van der Waals surface area contributed by atoms with Gasteiger partial charge in [0.05, 0.1) is 25.2 Å². The van der Waals surface area contributed by atoms with Crippen LogP contribution in [0.25, 0.3) is 0 Å². The zero-order valence-corrected chi connectivity index (χ0v) is 11.8. The maximum atomic E-state index is 12.9. The molecule has 112 valence electrons. The highest BCUT2D eigenvalue weighted by atomic mass is 19.1. The number of hydrogen-bond donors (Lipinski definition) is 0. The lowest BCUT2D eigenvalue weighted by Gasteiger charge is -2.19. The summed E-state index contributed by atoms with van der Waals surface area (Å²) in [6, 6.07) is 6.92. The van der Waals surface area contributed by atoms with Gasteiger partial charge in [0.1, 0.15) is 5.82 Å². The van der Waals surface area contributed by atoms with Gasteiger partial charge in [-0.25, -0.2) is 4.39 Å². The molecule has 0 aliphatic carbocycles. The fraction of sp³-hybridized carbons (Fsp3) is 0.400. The summed E-state index contributed by atoms with van der Waals surface area (Å²) >= 11 is 0. The zero-order valence-electron chi connectivity index (χ0n) is 11.8. The van der Waals surface area contributed by atoms with Crippen molar-refractivity contribution >= 4 is 11.9 Å². The monoisotopic (exact) mass is 293 g/mol. The van der Waals surface area contributed by atoms with Gasteiger partial charge in [0.2, 0.25) is 0 Å². The molecule has 0 aliphatic heterocycles. The number of hydrogen-bond acceptors (Lipinski definition) is 5. The van der Waals surface area contributed by atoms with Crippen molar-refractivity contribution < 1.29 is 23.5 Å². The molecule has 5 nitrogen and oxygen atoms in total. The molecule has 0 radical (unpaired) electrons. The second kappa shape index (κ2) is 8.00. The van der Waals surface area contributed by atoms with Gasteiger partial charge in [0, 0.05) is 0 Å². The van der Waals surface area contributed by atoms with E-state index in [9.17, 15) is 19.2 Å². The van der Waals surface area contributed by atoms with E-state index in [-0.39, 0.29) is 13.2 Å². The Morgan fingerprint density at radius 3 is 2.00 bits per heavy atom. The lowest BCUT2D eigenvalue weighted by molar-refractivity contribution is -0.162. The van der Waals surface area contributed by atoms with E-state index in [4.69, 9.17) is 9.47 Å². The maximum absolute atomic E-state index is 12.9. The lowest BCUT2D eigenvalue weighted by Crippen LogP contribution is -2.33. The van der Waals surface area contributed by atoms with Gasteiger partial charge in [0.15, 0.2) is 5.92 Å². The quantitative estimate of drug-likeness (QED) is 0.593. The summed E-state index contributed by atoms with van der Waals surface area (Å²) in [7, 11) is 0. The summed E-state index contributed by atoms with van der Waals surface area (Å²) < 4.78 is 22.6. The second-order valence-corrected chi connectivity index (χ2v) is 4.14. The van der Waals surface area contributed by atoms with E-state index < -0.39 is 29.6 Å². The Hall–Kier alpha value is -2.42. The first-order valence-corrected chi connectivity index (χ1v) is 6.53. The zero-order chi connectivity index (χ0) is 15.8. The van der Waals surface area contributed by atoms with Crippen molar-refractivity contribution in [3.05, 3.63) is 35.6 Å². The first-order valence-electron chi connectivity index (χ1n) is 6.53. The highest BCUT2D eigenvalue weighted by Gasteiger charge is 2.38. The summed E-state index contributed by atoms with van der Waals surface area (Å²) in [6.07, 6.45) is 0. The van der Waals surface area contributed by atoms with Crippen LogP contribution in [0, 0.1) is 23.1 Å². The number of esters is 2. The molecule has 0 aromatic heterocycles.